The molecule has 1 fully saturated rings. The molecule has 1 aliphatic heterocycles. The fourth-order valence-electron chi connectivity index (χ4n) is 4.60. The van der Waals surface area contributed by atoms with Crippen LogP contribution in [0, 0.1) is 0 Å². The molecule has 4 heteroatoms. The molecule has 4 rings (SSSR count). The quantitative estimate of drug-likeness (QED) is 0.572. The third-order valence-electron chi connectivity index (χ3n) is 6.05. The fourth-order valence-corrected chi connectivity index (χ4v) is 22.3. The minimum Gasteiger partial charge on any atom is -1.00 e. The van der Waals surface area contributed by atoms with E-state index in [9.17, 15) is 0 Å². The zero-order chi connectivity index (χ0) is 15.5. The summed E-state index contributed by atoms with van der Waals surface area (Å²) >= 11 is -2.20. The molecule has 1 aromatic rings. The molecule has 1 heterocycles. The summed E-state index contributed by atoms with van der Waals surface area (Å²) in [5.41, 5.74) is 3.13. The Bertz CT molecular complexity index is 729. The number of hydrogen-bond donors (Lipinski definition) is 0. The predicted octanol–water partition coefficient (Wildman–Crippen LogP) is 0.248. The summed E-state index contributed by atoms with van der Waals surface area (Å²) in [4.78, 5) is 0. The van der Waals surface area contributed by atoms with Crippen LogP contribution in [-0.4, -0.2) is 8.07 Å². The van der Waals surface area contributed by atoms with Gasteiger partial charge in [-0.05, 0) is 0 Å². The van der Waals surface area contributed by atoms with E-state index < -0.39 is 28.3 Å². The van der Waals surface area contributed by atoms with Gasteiger partial charge in [0, 0.05) is 0 Å². The molecule has 1 aromatic carbocycles. The van der Waals surface area contributed by atoms with Gasteiger partial charge in [-0.1, -0.05) is 0 Å². The van der Waals surface area contributed by atoms with E-state index in [0.717, 1.165) is 7.25 Å². The summed E-state index contributed by atoms with van der Waals surface area (Å²) in [6.07, 6.45) is 11.5. The summed E-state index contributed by atoms with van der Waals surface area (Å²) in [5, 5.41) is 1.72. The molecule has 3 aliphatic rings. The molecular weight excluding hydrogens is 430 g/mol. The van der Waals surface area contributed by atoms with E-state index in [2.05, 4.69) is 75.1 Å². The molecule has 0 radical (unpaired) electrons. The zero-order valence-electron chi connectivity index (χ0n) is 14.9. The van der Waals surface area contributed by atoms with E-state index in [1.165, 1.54) is 12.0 Å². The number of benzene rings is 1. The maximum absolute atomic E-state index is 2.68. The molecular formula is C20H26Cl2SiZr. The van der Waals surface area contributed by atoms with Crippen LogP contribution >= 0.6 is 0 Å². The van der Waals surface area contributed by atoms with Crippen molar-refractivity contribution < 1.29 is 45.1 Å². The summed E-state index contributed by atoms with van der Waals surface area (Å²) in [6, 6.07) is 9.11. The molecule has 24 heavy (non-hydrogen) atoms. The first-order valence-electron chi connectivity index (χ1n) is 8.62. The maximum atomic E-state index is 2.68. The molecule has 0 N–H and O–H groups in total. The van der Waals surface area contributed by atoms with Crippen molar-refractivity contribution in [2.45, 2.75) is 44.4 Å². The molecule has 0 spiro atoms. The van der Waals surface area contributed by atoms with Crippen molar-refractivity contribution in [3.8, 4) is 0 Å². The number of hydrogen-bond acceptors (Lipinski definition) is 0. The Kier molecular flexibility index (Phi) is 5.98. The Labute approximate surface area is 164 Å². The van der Waals surface area contributed by atoms with Crippen LogP contribution in [0.1, 0.15) is 28.1 Å². The van der Waals surface area contributed by atoms with Crippen LogP contribution in [0.2, 0.25) is 27.4 Å². The molecule has 3 atom stereocenters. The second kappa shape index (κ2) is 7.03. The van der Waals surface area contributed by atoms with Crippen LogP contribution in [0.15, 0.2) is 51.0 Å². The Balaban J connectivity index is 0.00000104. The van der Waals surface area contributed by atoms with E-state index in [1.807, 2.05) is 3.28 Å². The summed E-state index contributed by atoms with van der Waals surface area (Å²) < 4.78 is 5.32. The molecule has 0 amide bonds. The molecule has 0 aromatic heterocycles. The van der Waals surface area contributed by atoms with Crippen LogP contribution in [0.5, 0.6) is 0 Å². The normalized spacial score (nSPS) is 27.3. The van der Waals surface area contributed by atoms with Crippen LogP contribution in [0.25, 0.3) is 6.08 Å². The van der Waals surface area contributed by atoms with Crippen molar-refractivity contribution in [3.63, 3.8) is 0 Å². The van der Waals surface area contributed by atoms with Gasteiger partial charge < -0.3 is 24.8 Å². The van der Waals surface area contributed by atoms with Crippen molar-refractivity contribution >= 4 is 14.1 Å². The van der Waals surface area contributed by atoms with E-state index in [4.69, 9.17) is 0 Å². The molecule has 2 aliphatic carbocycles. The monoisotopic (exact) mass is 454 g/mol. The van der Waals surface area contributed by atoms with Crippen molar-refractivity contribution in [1.29, 1.82) is 0 Å². The van der Waals surface area contributed by atoms with E-state index in [0.29, 0.717) is 0 Å². The smallest absolute Gasteiger partial charge is 1.00 e. The number of rotatable bonds is 3. The van der Waals surface area contributed by atoms with Gasteiger partial charge in [-0.2, -0.15) is 0 Å². The second-order valence-corrected chi connectivity index (χ2v) is 25.1. The summed E-state index contributed by atoms with van der Waals surface area (Å²) in [5.74, 6) is 0. The summed E-state index contributed by atoms with van der Waals surface area (Å²) in [7, 11) is -1.15. The van der Waals surface area contributed by atoms with Gasteiger partial charge in [0.25, 0.3) is 0 Å². The molecule has 0 bridgehead atoms. The van der Waals surface area contributed by atoms with Gasteiger partial charge in [-0.15, -0.1) is 0 Å². The van der Waals surface area contributed by atoms with Crippen molar-refractivity contribution in [3.05, 3.63) is 62.1 Å². The third kappa shape index (κ3) is 3.13. The first-order chi connectivity index (χ1) is 10.4. The van der Waals surface area contributed by atoms with E-state index in [1.54, 1.807) is 14.9 Å². The first kappa shape index (κ1) is 20.4. The SMILES string of the molecule is C[CH]1[CH2][Zr+2]1([C]1=CC([Si](C)(C)C)=CC1)[CH]1C=Cc2ccccc21.[Cl-].[Cl-]. The fraction of sp³-hybridized carbons (Fsp3) is 0.400. The van der Waals surface area contributed by atoms with Gasteiger partial charge in [0.15, 0.2) is 0 Å². The number of halogens is 2. The average Bonchev–Trinajstić information content (AvgIpc) is 2.90. The van der Waals surface area contributed by atoms with Crippen molar-refractivity contribution in [1.82, 2.24) is 0 Å². The van der Waals surface area contributed by atoms with Gasteiger partial charge in [0.2, 0.25) is 0 Å². The minimum atomic E-state index is -2.20. The van der Waals surface area contributed by atoms with Crippen molar-refractivity contribution in [2.75, 3.05) is 0 Å². The second-order valence-electron chi connectivity index (χ2n) is 8.39. The van der Waals surface area contributed by atoms with Crippen LogP contribution in [0.4, 0.5) is 0 Å². The van der Waals surface area contributed by atoms with E-state index >= 15 is 0 Å². The molecule has 128 valence electrons. The van der Waals surface area contributed by atoms with Gasteiger partial charge in [0.1, 0.15) is 0 Å². The largest absolute Gasteiger partial charge is 1.00 e. The van der Waals surface area contributed by atoms with Gasteiger partial charge >= 0.3 is 141 Å². The topological polar surface area (TPSA) is 0 Å². The standard InChI is InChI=1S/C9H7.C8H13Si.C3H6.2ClH.Zr/c1-2-5-9-7-3-6-8(9)4-1;1-9(2,3)8-6-4-5-7-8;1-3-2;;;/h1-7H;6-7H,4H2,1-3H3;3H,1H2,2H3;2*1H;/q;;;;;+2/p-2. The average molecular weight is 457 g/mol. The Morgan fingerprint density at radius 1 is 1.08 bits per heavy atom. The van der Waals surface area contributed by atoms with E-state index in [-0.39, 0.29) is 24.8 Å². The molecule has 1 saturated heterocycles. The van der Waals surface area contributed by atoms with Gasteiger partial charge in [-0.25, -0.2) is 0 Å². The molecule has 0 nitrogen and oxygen atoms in total. The summed E-state index contributed by atoms with van der Waals surface area (Å²) in [6.45, 7) is 10.0. The van der Waals surface area contributed by atoms with Crippen LogP contribution in [-0.2, 0) is 20.3 Å². The van der Waals surface area contributed by atoms with Gasteiger partial charge in [0.05, 0.1) is 0 Å². The van der Waals surface area contributed by atoms with Crippen LogP contribution < -0.4 is 24.8 Å². The first-order valence-corrected chi connectivity index (χ1v) is 17.9. The molecule has 0 saturated carbocycles. The Morgan fingerprint density at radius 3 is 2.33 bits per heavy atom. The number of fused-ring (bicyclic) bond motifs is 1. The van der Waals surface area contributed by atoms with Crippen LogP contribution in [0.3, 0.4) is 0 Å². The zero-order valence-corrected chi connectivity index (χ0v) is 19.9. The Morgan fingerprint density at radius 2 is 1.75 bits per heavy atom. The van der Waals surface area contributed by atoms with Gasteiger partial charge in [-0.3, -0.25) is 0 Å². The maximum Gasteiger partial charge on any atom is -1.00 e. The number of allylic oxidation sites excluding steroid dienone is 5. The minimum absolute atomic E-state index is 0. The molecule has 3 unspecified atom stereocenters. The Hall–Kier alpha value is 0.120. The third-order valence-corrected chi connectivity index (χ3v) is 22.6. The van der Waals surface area contributed by atoms with Crippen molar-refractivity contribution in [2.24, 2.45) is 0 Å². The predicted molar refractivity (Wildman–Crippen MR) is 96.6 cm³/mol.